The SMILES string of the molecule is C/C(=C\CC/C(C)=C/COCc1ccccc1)CBr. The predicted octanol–water partition coefficient (Wildman–Crippen LogP) is 5.27. The predicted molar refractivity (Wildman–Crippen MR) is 86.6 cm³/mol. The molecule has 1 aromatic carbocycles. The molecule has 0 saturated heterocycles. The van der Waals surface area contributed by atoms with Crippen LogP contribution >= 0.6 is 15.9 Å². The fourth-order valence-corrected chi connectivity index (χ4v) is 1.88. The Morgan fingerprint density at radius 2 is 1.84 bits per heavy atom. The summed E-state index contributed by atoms with van der Waals surface area (Å²) in [7, 11) is 0. The summed E-state index contributed by atoms with van der Waals surface area (Å²) in [5.41, 5.74) is 4.02. The molecular weight excluding hydrogens is 300 g/mol. The van der Waals surface area contributed by atoms with Crippen LogP contribution in [0.1, 0.15) is 32.3 Å². The molecule has 1 rings (SSSR count). The van der Waals surface area contributed by atoms with Crippen LogP contribution in [0.5, 0.6) is 0 Å². The number of allylic oxidation sites excluding steroid dienone is 3. The Morgan fingerprint density at radius 3 is 2.53 bits per heavy atom. The Kier molecular flexibility index (Phi) is 8.52. The van der Waals surface area contributed by atoms with Crippen molar-refractivity contribution in [3.8, 4) is 0 Å². The molecule has 0 bridgehead atoms. The van der Waals surface area contributed by atoms with E-state index in [2.05, 4.69) is 54.1 Å². The summed E-state index contributed by atoms with van der Waals surface area (Å²) in [5, 5.41) is 0.968. The third-order valence-corrected chi connectivity index (χ3v) is 3.79. The van der Waals surface area contributed by atoms with Crippen LogP contribution in [0.25, 0.3) is 0 Å². The molecular formula is C17H23BrO. The lowest BCUT2D eigenvalue weighted by molar-refractivity contribution is 0.148. The summed E-state index contributed by atoms with van der Waals surface area (Å²) >= 11 is 3.45. The average Bonchev–Trinajstić information content (AvgIpc) is 2.44. The number of rotatable bonds is 8. The molecule has 1 nitrogen and oxygen atoms in total. The fourth-order valence-electron chi connectivity index (χ4n) is 1.66. The minimum atomic E-state index is 0.688. The van der Waals surface area contributed by atoms with Gasteiger partial charge in [-0.05, 0) is 32.3 Å². The minimum absolute atomic E-state index is 0.688. The number of alkyl halides is 1. The molecule has 0 radical (unpaired) electrons. The van der Waals surface area contributed by atoms with Gasteiger partial charge in [0.05, 0.1) is 13.2 Å². The Balaban J connectivity index is 2.18. The Morgan fingerprint density at radius 1 is 1.11 bits per heavy atom. The second kappa shape index (κ2) is 9.99. The van der Waals surface area contributed by atoms with Crippen LogP contribution in [-0.4, -0.2) is 11.9 Å². The standard InChI is InChI=1S/C17H23BrO/c1-15(7-6-8-16(2)13-18)11-12-19-14-17-9-4-3-5-10-17/h3-5,8-11H,6-7,12-14H2,1-2H3/b15-11+,16-8+. The number of benzene rings is 1. The summed E-state index contributed by atoms with van der Waals surface area (Å²) in [4.78, 5) is 0. The maximum atomic E-state index is 5.64. The number of ether oxygens (including phenoxy) is 1. The van der Waals surface area contributed by atoms with Crippen molar-refractivity contribution < 1.29 is 4.74 Å². The molecule has 0 amide bonds. The first-order valence-corrected chi connectivity index (χ1v) is 7.83. The number of hydrogen-bond donors (Lipinski definition) is 0. The van der Waals surface area contributed by atoms with E-state index in [1.165, 1.54) is 16.7 Å². The first-order valence-electron chi connectivity index (χ1n) is 6.71. The van der Waals surface area contributed by atoms with Gasteiger partial charge in [-0.1, -0.05) is 69.6 Å². The molecule has 19 heavy (non-hydrogen) atoms. The third kappa shape index (κ3) is 8.02. The van der Waals surface area contributed by atoms with E-state index in [1.807, 2.05) is 18.2 Å². The van der Waals surface area contributed by atoms with Crippen molar-refractivity contribution >= 4 is 15.9 Å². The summed E-state index contributed by atoms with van der Waals surface area (Å²) in [6, 6.07) is 10.3. The van der Waals surface area contributed by atoms with Gasteiger partial charge >= 0.3 is 0 Å². The maximum Gasteiger partial charge on any atom is 0.0721 e. The van der Waals surface area contributed by atoms with Gasteiger partial charge < -0.3 is 4.74 Å². The zero-order chi connectivity index (χ0) is 13.9. The smallest absolute Gasteiger partial charge is 0.0721 e. The first-order chi connectivity index (χ1) is 9.22. The van der Waals surface area contributed by atoms with E-state index in [0.717, 1.165) is 18.2 Å². The molecule has 0 heterocycles. The van der Waals surface area contributed by atoms with Gasteiger partial charge in [0, 0.05) is 5.33 Å². The third-order valence-electron chi connectivity index (χ3n) is 2.90. The molecule has 0 atom stereocenters. The topological polar surface area (TPSA) is 9.23 Å². The number of hydrogen-bond acceptors (Lipinski definition) is 1. The molecule has 0 aromatic heterocycles. The highest BCUT2D eigenvalue weighted by Crippen LogP contribution is 2.08. The molecule has 0 aliphatic rings. The van der Waals surface area contributed by atoms with Crippen LogP contribution in [0.2, 0.25) is 0 Å². The second-order valence-electron chi connectivity index (χ2n) is 4.77. The van der Waals surface area contributed by atoms with Crippen LogP contribution in [0.15, 0.2) is 53.6 Å². The van der Waals surface area contributed by atoms with Crippen LogP contribution in [0, 0.1) is 0 Å². The second-order valence-corrected chi connectivity index (χ2v) is 5.33. The minimum Gasteiger partial charge on any atom is -0.373 e. The highest BCUT2D eigenvalue weighted by molar-refractivity contribution is 9.09. The van der Waals surface area contributed by atoms with Crippen LogP contribution in [0.4, 0.5) is 0 Å². The molecule has 0 saturated carbocycles. The van der Waals surface area contributed by atoms with Crippen LogP contribution in [-0.2, 0) is 11.3 Å². The zero-order valence-corrected chi connectivity index (χ0v) is 13.4. The lowest BCUT2D eigenvalue weighted by Gasteiger charge is -2.03. The monoisotopic (exact) mass is 322 g/mol. The van der Waals surface area contributed by atoms with Crippen molar-refractivity contribution in [1.29, 1.82) is 0 Å². The van der Waals surface area contributed by atoms with Crippen molar-refractivity contribution in [1.82, 2.24) is 0 Å². The van der Waals surface area contributed by atoms with Gasteiger partial charge in [0.15, 0.2) is 0 Å². The van der Waals surface area contributed by atoms with E-state index in [9.17, 15) is 0 Å². The summed E-state index contributed by atoms with van der Waals surface area (Å²) in [5.74, 6) is 0. The summed E-state index contributed by atoms with van der Waals surface area (Å²) in [6.07, 6.45) is 6.69. The molecule has 0 spiro atoms. The van der Waals surface area contributed by atoms with Crippen LogP contribution < -0.4 is 0 Å². The molecule has 0 aliphatic heterocycles. The van der Waals surface area contributed by atoms with Crippen LogP contribution in [0.3, 0.4) is 0 Å². The maximum absolute atomic E-state index is 5.64. The largest absolute Gasteiger partial charge is 0.373 e. The fraction of sp³-hybridized carbons (Fsp3) is 0.412. The van der Waals surface area contributed by atoms with Gasteiger partial charge in [0.25, 0.3) is 0 Å². The van der Waals surface area contributed by atoms with E-state index in [0.29, 0.717) is 13.2 Å². The Labute approximate surface area is 125 Å². The Hall–Kier alpha value is -0.860. The van der Waals surface area contributed by atoms with E-state index in [4.69, 9.17) is 4.74 Å². The van der Waals surface area contributed by atoms with Gasteiger partial charge in [-0.3, -0.25) is 0 Å². The average molecular weight is 323 g/mol. The summed E-state index contributed by atoms with van der Waals surface area (Å²) < 4.78 is 5.64. The molecule has 0 N–H and O–H groups in total. The van der Waals surface area contributed by atoms with Crippen molar-refractivity contribution in [3.05, 3.63) is 59.2 Å². The van der Waals surface area contributed by atoms with Gasteiger partial charge in [-0.2, -0.15) is 0 Å². The van der Waals surface area contributed by atoms with Gasteiger partial charge in [0.1, 0.15) is 0 Å². The zero-order valence-electron chi connectivity index (χ0n) is 11.9. The molecule has 0 aliphatic carbocycles. The van der Waals surface area contributed by atoms with Crippen molar-refractivity contribution in [2.45, 2.75) is 33.3 Å². The Bertz CT molecular complexity index is 407. The van der Waals surface area contributed by atoms with E-state index in [1.54, 1.807) is 0 Å². The molecule has 0 fully saturated rings. The van der Waals surface area contributed by atoms with E-state index in [-0.39, 0.29) is 0 Å². The highest BCUT2D eigenvalue weighted by Gasteiger charge is 1.92. The molecule has 104 valence electrons. The van der Waals surface area contributed by atoms with Gasteiger partial charge in [0.2, 0.25) is 0 Å². The van der Waals surface area contributed by atoms with Crippen molar-refractivity contribution in [3.63, 3.8) is 0 Å². The molecule has 1 aromatic rings. The highest BCUT2D eigenvalue weighted by atomic mass is 79.9. The summed E-state index contributed by atoms with van der Waals surface area (Å²) in [6.45, 7) is 5.70. The lowest BCUT2D eigenvalue weighted by atomic mass is 10.1. The van der Waals surface area contributed by atoms with E-state index >= 15 is 0 Å². The molecule has 0 unspecified atom stereocenters. The first kappa shape index (κ1) is 16.2. The van der Waals surface area contributed by atoms with Gasteiger partial charge in [-0.15, -0.1) is 0 Å². The van der Waals surface area contributed by atoms with Gasteiger partial charge in [-0.25, -0.2) is 0 Å². The van der Waals surface area contributed by atoms with E-state index < -0.39 is 0 Å². The normalized spacial score (nSPS) is 12.8. The molecule has 2 heteroatoms. The quantitative estimate of drug-likeness (QED) is 0.360. The van der Waals surface area contributed by atoms with Crippen molar-refractivity contribution in [2.75, 3.05) is 11.9 Å². The lowest BCUT2D eigenvalue weighted by Crippen LogP contribution is -1.93. The van der Waals surface area contributed by atoms with Crippen molar-refractivity contribution in [2.24, 2.45) is 0 Å². The number of halogens is 1.